The molecule has 8 nitrogen and oxygen atoms in total. The van der Waals surface area contributed by atoms with Gasteiger partial charge in [-0.15, -0.1) is 0 Å². The first-order valence-electron chi connectivity index (χ1n) is 9.51. The zero-order valence-corrected chi connectivity index (χ0v) is 16.5. The number of rotatable bonds is 6. The van der Waals surface area contributed by atoms with Crippen LogP contribution >= 0.6 is 0 Å². The Morgan fingerprint density at radius 1 is 1.00 bits per heavy atom. The standard InChI is InChI=1S/C23H16FN3O5/c24-15-3-8-18(9-4-15)32-17-6-1-14(2-7-17)13-25-23(29)20-12-22(28)26-21-10-5-16(27(30)31)11-19(20)21/h1-12H,13H2,(H,25,29)(H,26,28). The molecular formula is C23H16FN3O5. The number of carbonyl (C=O) groups excluding carboxylic acids is 1. The molecule has 2 N–H and O–H groups in total. The third kappa shape index (κ3) is 4.62. The van der Waals surface area contributed by atoms with Gasteiger partial charge in [0.1, 0.15) is 17.3 Å². The number of halogens is 1. The van der Waals surface area contributed by atoms with Gasteiger partial charge in [-0.1, -0.05) is 12.1 Å². The maximum atomic E-state index is 13.0. The van der Waals surface area contributed by atoms with E-state index in [1.54, 1.807) is 24.3 Å². The second kappa shape index (κ2) is 8.68. The van der Waals surface area contributed by atoms with Crippen molar-refractivity contribution < 1.29 is 18.8 Å². The van der Waals surface area contributed by atoms with Crippen molar-refractivity contribution in [3.8, 4) is 11.5 Å². The molecule has 160 valence electrons. The molecule has 9 heteroatoms. The van der Waals surface area contributed by atoms with Gasteiger partial charge in [0.05, 0.1) is 10.5 Å². The summed E-state index contributed by atoms with van der Waals surface area (Å²) < 4.78 is 18.6. The van der Waals surface area contributed by atoms with Crippen LogP contribution in [0.15, 0.2) is 77.6 Å². The number of pyridine rings is 1. The summed E-state index contributed by atoms with van der Waals surface area (Å²) in [7, 11) is 0. The van der Waals surface area contributed by atoms with Gasteiger partial charge in [0.15, 0.2) is 0 Å². The molecule has 0 aliphatic rings. The zero-order valence-electron chi connectivity index (χ0n) is 16.5. The van der Waals surface area contributed by atoms with Gasteiger partial charge in [0.2, 0.25) is 5.56 Å². The van der Waals surface area contributed by atoms with Crippen LogP contribution in [0.4, 0.5) is 10.1 Å². The molecule has 0 saturated carbocycles. The van der Waals surface area contributed by atoms with Gasteiger partial charge in [-0.3, -0.25) is 19.7 Å². The minimum Gasteiger partial charge on any atom is -0.457 e. The number of hydrogen-bond donors (Lipinski definition) is 2. The van der Waals surface area contributed by atoms with Crippen LogP contribution in [0.25, 0.3) is 10.9 Å². The molecule has 1 amide bonds. The Morgan fingerprint density at radius 3 is 2.31 bits per heavy atom. The lowest BCUT2D eigenvalue weighted by atomic mass is 10.1. The number of ether oxygens (including phenoxy) is 1. The number of benzene rings is 3. The zero-order chi connectivity index (χ0) is 22.7. The Kier molecular flexibility index (Phi) is 5.63. The van der Waals surface area contributed by atoms with Crippen molar-refractivity contribution in [3.05, 3.63) is 110 Å². The summed E-state index contributed by atoms with van der Waals surface area (Å²) in [5, 5.41) is 14.1. The normalized spacial score (nSPS) is 10.7. The Hall–Kier alpha value is -4.53. The molecule has 0 fully saturated rings. The van der Waals surface area contributed by atoms with Gasteiger partial charge >= 0.3 is 0 Å². The van der Waals surface area contributed by atoms with Gasteiger partial charge in [-0.2, -0.15) is 0 Å². The maximum Gasteiger partial charge on any atom is 0.270 e. The van der Waals surface area contributed by atoms with Gasteiger partial charge in [0, 0.05) is 35.6 Å². The topological polar surface area (TPSA) is 114 Å². The lowest BCUT2D eigenvalue weighted by molar-refractivity contribution is -0.384. The number of fused-ring (bicyclic) bond motifs is 1. The minimum atomic E-state index is -0.568. The Balaban J connectivity index is 1.48. The van der Waals surface area contributed by atoms with Crippen molar-refractivity contribution in [1.82, 2.24) is 10.3 Å². The van der Waals surface area contributed by atoms with Crippen molar-refractivity contribution in [2.24, 2.45) is 0 Å². The summed E-state index contributed by atoms with van der Waals surface area (Å²) in [5.41, 5.74) is 0.471. The molecule has 0 atom stereocenters. The molecule has 32 heavy (non-hydrogen) atoms. The van der Waals surface area contributed by atoms with Crippen LogP contribution < -0.4 is 15.6 Å². The molecule has 3 aromatic carbocycles. The van der Waals surface area contributed by atoms with Gasteiger partial charge in [-0.05, 0) is 48.0 Å². The molecule has 0 bridgehead atoms. The first kappa shape index (κ1) is 20.7. The number of H-pyrrole nitrogens is 1. The molecule has 1 aromatic heterocycles. The van der Waals surface area contributed by atoms with Gasteiger partial charge in [-0.25, -0.2) is 4.39 Å². The smallest absolute Gasteiger partial charge is 0.270 e. The summed E-state index contributed by atoms with van der Waals surface area (Å²) >= 11 is 0. The lowest BCUT2D eigenvalue weighted by Crippen LogP contribution is -2.24. The number of carbonyl (C=O) groups is 1. The molecule has 1 heterocycles. The van der Waals surface area contributed by atoms with E-state index < -0.39 is 16.4 Å². The van der Waals surface area contributed by atoms with Crippen molar-refractivity contribution in [3.63, 3.8) is 0 Å². The van der Waals surface area contributed by atoms with Crippen molar-refractivity contribution in [2.45, 2.75) is 6.54 Å². The van der Waals surface area contributed by atoms with Crippen LogP contribution in [0.5, 0.6) is 11.5 Å². The number of hydrogen-bond acceptors (Lipinski definition) is 5. The van der Waals surface area contributed by atoms with E-state index in [4.69, 9.17) is 4.74 Å². The first-order valence-corrected chi connectivity index (χ1v) is 9.51. The first-order chi connectivity index (χ1) is 15.4. The van der Waals surface area contributed by atoms with Crippen LogP contribution in [0, 0.1) is 15.9 Å². The quantitative estimate of drug-likeness (QED) is 0.348. The molecule has 0 spiro atoms. The van der Waals surface area contributed by atoms with E-state index in [-0.39, 0.29) is 29.0 Å². The summed E-state index contributed by atoms with van der Waals surface area (Å²) in [6.07, 6.45) is 0. The third-order valence-electron chi connectivity index (χ3n) is 4.71. The van der Waals surface area contributed by atoms with Crippen molar-refractivity contribution >= 4 is 22.5 Å². The van der Waals surface area contributed by atoms with E-state index in [1.165, 1.54) is 42.5 Å². The molecule has 4 aromatic rings. The van der Waals surface area contributed by atoms with E-state index in [1.807, 2.05) is 0 Å². The molecular weight excluding hydrogens is 417 g/mol. The highest BCUT2D eigenvalue weighted by Gasteiger charge is 2.15. The molecule has 0 unspecified atom stereocenters. The Morgan fingerprint density at radius 2 is 1.66 bits per heavy atom. The highest BCUT2D eigenvalue weighted by atomic mass is 19.1. The summed E-state index contributed by atoms with van der Waals surface area (Å²) in [6, 6.07) is 17.6. The Bertz CT molecular complexity index is 1370. The number of non-ortho nitro benzene ring substituents is 1. The molecule has 0 saturated heterocycles. The van der Waals surface area contributed by atoms with E-state index >= 15 is 0 Å². The SMILES string of the molecule is O=C(NCc1ccc(Oc2ccc(F)cc2)cc1)c1cc(=O)[nH]c2ccc([N+](=O)[O-])cc12. The van der Waals surface area contributed by atoms with Crippen LogP contribution in [0.2, 0.25) is 0 Å². The number of nitrogens with zero attached hydrogens (tertiary/aromatic N) is 1. The highest BCUT2D eigenvalue weighted by molar-refractivity contribution is 6.06. The monoisotopic (exact) mass is 433 g/mol. The number of nitrogens with one attached hydrogen (secondary N) is 2. The largest absolute Gasteiger partial charge is 0.457 e. The number of nitro groups is 1. The average Bonchev–Trinajstić information content (AvgIpc) is 2.79. The Labute approximate surface area is 180 Å². The second-order valence-electron chi connectivity index (χ2n) is 6.92. The fourth-order valence-corrected chi connectivity index (χ4v) is 3.13. The van der Waals surface area contributed by atoms with E-state index in [0.717, 1.165) is 11.6 Å². The van der Waals surface area contributed by atoms with E-state index in [0.29, 0.717) is 17.0 Å². The van der Waals surface area contributed by atoms with Crippen molar-refractivity contribution in [1.29, 1.82) is 0 Å². The molecule has 0 aliphatic carbocycles. The summed E-state index contributed by atoms with van der Waals surface area (Å²) in [6.45, 7) is 0.166. The molecule has 4 rings (SSSR count). The lowest BCUT2D eigenvalue weighted by Gasteiger charge is -2.09. The minimum absolute atomic E-state index is 0.0451. The summed E-state index contributed by atoms with van der Waals surface area (Å²) in [4.78, 5) is 37.7. The third-order valence-corrected chi connectivity index (χ3v) is 4.71. The van der Waals surface area contributed by atoms with Gasteiger partial charge in [0.25, 0.3) is 11.6 Å². The van der Waals surface area contributed by atoms with Crippen LogP contribution in [0.1, 0.15) is 15.9 Å². The average molecular weight is 433 g/mol. The van der Waals surface area contributed by atoms with E-state index in [2.05, 4.69) is 10.3 Å². The van der Waals surface area contributed by atoms with Crippen LogP contribution in [0.3, 0.4) is 0 Å². The summed E-state index contributed by atoms with van der Waals surface area (Å²) in [5.74, 6) is 0.141. The molecule has 0 aliphatic heterocycles. The predicted octanol–water partition coefficient (Wildman–Crippen LogP) is 4.30. The number of amides is 1. The highest BCUT2D eigenvalue weighted by Crippen LogP contribution is 2.23. The van der Waals surface area contributed by atoms with Crippen molar-refractivity contribution in [2.75, 3.05) is 0 Å². The fraction of sp³-hybridized carbons (Fsp3) is 0.0435. The molecule has 0 radical (unpaired) electrons. The maximum absolute atomic E-state index is 13.0. The number of aromatic nitrogens is 1. The fourth-order valence-electron chi connectivity index (χ4n) is 3.13. The second-order valence-corrected chi connectivity index (χ2v) is 6.92. The van der Waals surface area contributed by atoms with E-state index in [9.17, 15) is 24.1 Å². The van der Waals surface area contributed by atoms with Gasteiger partial charge < -0.3 is 15.0 Å². The number of nitro benzene ring substituents is 1. The van der Waals surface area contributed by atoms with Crippen LogP contribution in [-0.4, -0.2) is 15.8 Å². The number of aromatic amines is 1. The van der Waals surface area contributed by atoms with Crippen LogP contribution in [-0.2, 0) is 6.54 Å². The predicted molar refractivity (Wildman–Crippen MR) is 115 cm³/mol.